The molecule has 1 aromatic heterocycles. The number of hydrogen-bond donors (Lipinski definition) is 2. The number of aromatic nitrogens is 1. The lowest BCUT2D eigenvalue weighted by Gasteiger charge is -2.15. The Labute approximate surface area is 166 Å². The number of hydrogen-bond acceptors (Lipinski definition) is 3. The zero-order valence-corrected chi connectivity index (χ0v) is 16.1. The molecule has 1 heterocycles. The van der Waals surface area contributed by atoms with Gasteiger partial charge in [-0.3, -0.25) is 9.78 Å². The highest BCUT2D eigenvalue weighted by Crippen LogP contribution is 2.30. The van der Waals surface area contributed by atoms with E-state index in [1.165, 1.54) is 4.90 Å². The molecular weight excluding hydrogens is 387 g/mol. The smallest absolute Gasteiger partial charge is 0.321 e. The number of amides is 3. The van der Waals surface area contributed by atoms with Gasteiger partial charge in [0, 0.05) is 25.7 Å². The summed E-state index contributed by atoms with van der Waals surface area (Å²) in [5.41, 5.74) is 1.79. The minimum absolute atomic E-state index is 0.190. The molecule has 0 fully saturated rings. The number of nitrogens with one attached hydrogen (secondary N) is 2. The van der Waals surface area contributed by atoms with Gasteiger partial charge >= 0.3 is 6.03 Å². The van der Waals surface area contributed by atoms with Crippen molar-refractivity contribution >= 4 is 57.4 Å². The van der Waals surface area contributed by atoms with Crippen molar-refractivity contribution in [3.8, 4) is 0 Å². The highest BCUT2D eigenvalue weighted by Gasteiger charge is 2.17. The van der Waals surface area contributed by atoms with Crippen molar-refractivity contribution in [2.24, 2.45) is 0 Å². The third kappa shape index (κ3) is 3.97. The molecule has 138 valence electrons. The summed E-state index contributed by atoms with van der Waals surface area (Å²) >= 11 is 12.2. The molecule has 0 bridgehead atoms. The van der Waals surface area contributed by atoms with Gasteiger partial charge in [0.25, 0.3) is 5.91 Å². The maximum absolute atomic E-state index is 12.7. The standard InChI is InChI=1S/C19H16Cl2N4O2/c1-25(2)19(27)24-14-9-10-22-17-11(14)5-3-8-15(17)23-18(26)16-12(20)6-4-7-13(16)21/h3-10H,1-2H3,(H,23,26)(H,22,24,27). The summed E-state index contributed by atoms with van der Waals surface area (Å²) in [7, 11) is 3.30. The zero-order valence-electron chi connectivity index (χ0n) is 14.6. The van der Waals surface area contributed by atoms with E-state index in [9.17, 15) is 9.59 Å². The van der Waals surface area contributed by atoms with E-state index in [1.807, 2.05) is 6.07 Å². The van der Waals surface area contributed by atoms with Crippen LogP contribution >= 0.6 is 23.2 Å². The van der Waals surface area contributed by atoms with Gasteiger partial charge in [0.15, 0.2) is 0 Å². The summed E-state index contributed by atoms with van der Waals surface area (Å²) in [6, 6.07) is 11.6. The first-order valence-electron chi connectivity index (χ1n) is 8.00. The molecule has 6 nitrogen and oxygen atoms in total. The van der Waals surface area contributed by atoms with Crippen LogP contribution in [0.2, 0.25) is 10.0 Å². The normalized spacial score (nSPS) is 10.5. The van der Waals surface area contributed by atoms with Crippen LogP contribution in [0.25, 0.3) is 10.9 Å². The number of halogens is 2. The van der Waals surface area contributed by atoms with Gasteiger partial charge in [0.2, 0.25) is 0 Å². The topological polar surface area (TPSA) is 74.3 Å². The molecule has 0 saturated heterocycles. The molecule has 8 heteroatoms. The van der Waals surface area contributed by atoms with Crippen LogP contribution in [-0.2, 0) is 0 Å². The van der Waals surface area contributed by atoms with Gasteiger partial charge < -0.3 is 15.5 Å². The number of nitrogens with zero attached hydrogens (tertiary/aromatic N) is 2. The first-order valence-corrected chi connectivity index (χ1v) is 8.75. The zero-order chi connectivity index (χ0) is 19.6. The lowest BCUT2D eigenvalue weighted by Crippen LogP contribution is -2.27. The fourth-order valence-corrected chi connectivity index (χ4v) is 3.08. The third-order valence-electron chi connectivity index (χ3n) is 3.86. The minimum Gasteiger partial charge on any atom is -0.331 e. The molecule has 3 rings (SSSR count). The fraction of sp³-hybridized carbons (Fsp3) is 0.105. The Kier molecular flexibility index (Phi) is 5.48. The van der Waals surface area contributed by atoms with Crippen molar-refractivity contribution in [3.05, 3.63) is 64.3 Å². The molecule has 0 aliphatic rings. The van der Waals surface area contributed by atoms with Crippen LogP contribution in [0.4, 0.5) is 16.2 Å². The Morgan fingerprint density at radius 2 is 1.59 bits per heavy atom. The van der Waals surface area contributed by atoms with Gasteiger partial charge in [0.05, 0.1) is 32.5 Å². The molecule has 0 atom stereocenters. The molecule has 27 heavy (non-hydrogen) atoms. The Bertz CT molecular complexity index is 1020. The van der Waals surface area contributed by atoms with Crippen molar-refractivity contribution in [3.63, 3.8) is 0 Å². The van der Waals surface area contributed by atoms with Gasteiger partial charge in [-0.15, -0.1) is 0 Å². The number of rotatable bonds is 3. The van der Waals surface area contributed by atoms with Crippen molar-refractivity contribution in [2.45, 2.75) is 0 Å². The summed E-state index contributed by atoms with van der Waals surface area (Å²) in [5.74, 6) is -0.442. The number of para-hydroxylation sites is 1. The second kappa shape index (κ2) is 7.82. The van der Waals surface area contributed by atoms with Gasteiger partial charge in [-0.25, -0.2) is 4.79 Å². The Morgan fingerprint density at radius 3 is 2.26 bits per heavy atom. The van der Waals surface area contributed by atoms with Crippen LogP contribution in [0.1, 0.15) is 10.4 Å². The van der Waals surface area contributed by atoms with Crippen LogP contribution in [0.3, 0.4) is 0 Å². The van der Waals surface area contributed by atoms with E-state index in [-0.39, 0.29) is 21.6 Å². The van der Waals surface area contributed by atoms with Gasteiger partial charge in [-0.1, -0.05) is 41.4 Å². The number of pyridine rings is 1. The number of anilines is 2. The Morgan fingerprint density at radius 1 is 0.926 bits per heavy atom. The molecule has 0 aliphatic heterocycles. The average Bonchev–Trinajstić information content (AvgIpc) is 2.62. The average molecular weight is 403 g/mol. The molecule has 0 radical (unpaired) electrons. The number of fused-ring (bicyclic) bond motifs is 1. The Balaban J connectivity index is 1.99. The largest absolute Gasteiger partial charge is 0.331 e. The molecule has 2 aromatic carbocycles. The van der Waals surface area contributed by atoms with Crippen molar-refractivity contribution < 1.29 is 9.59 Å². The monoisotopic (exact) mass is 402 g/mol. The molecular formula is C19H16Cl2N4O2. The second-order valence-electron chi connectivity index (χ2n) is 5.94. The van der Waals surface area contributed by atoms with Crippen LogP contribution in [0.15, 0.2) is 48.7 Å². The quantitative estimate of drug-likeness (QED) is 0.654. The SMILES string of the molecule is CN(C)C(=O)Nc1ccnc2c(NC(=O)c3c(Cl)cccc3Cl)cccc12. The molecule has 2 N–H and O–H groups in total. The molecule has 0 saturated carbocycles. The predicted octanol–water partition coefficient (Wildman–Crippen LogP) is 4.89. The van der Waals surface area contributed by atoms with E-state index in [0.717, 1.165) is 0 Å². The maximum Gasteiger partial charge on any atom is 0.321 e. The molecule has 0 unspecified atom stereocenters. The lowest BCUT2D eigenvalue weighted by atomic mass is 10.1. The molecule has 0 aliphatic carbocycles. The number of urea groups is 1. The summed E-state index contributed by atoms with van der Waals surface area (Å²) in [4.78, 5) is 30.4. The van der Waals surface area contributed by atoms with Gasteiger partial charge in [-0.2, -0.15) is 0 Å². The van der Waals surface area contributed by atoms with Crippen molar-refractivity contribution in [1.29, 1.82) is 0 Å². The number of benzene rings is 2. The molecule has 3 amide bonds. The minimum atomic E-state index is -0.442. The van der Waals surface area contributed by atoms with E-state index in [4.69, 9.17) is 23.2 Å². The highest BCUT2D eigenvalue weighted by atomic mass is 35.5. The highest BCUT2D eigenvalue weighted by molar-refractivity contribution is 6.40. The Hall–Kier alpha value is -2.83. The summed E-state index contributed by atoms with van der Waals surface area (Å²) < 4.78 is 0. The van der Waals surface area contributed by atoms with Crippen LogP contribution < -0.4 is 10.6 Å². The predicted molar refractivity (Wildman–Crippen MR) is 109 cm³/mol. The van der Waals surface area contributed by atoms with Crippen molar-refractivity contribution in [1.82, 2.24) is 9.88 Å². The van der Waals surface area contributed by atoms with E-state index in [0.29, 0.717) is 22.3 Å². The van der Waals surface area contributed by atoms with E-state index >= 15 is 0 Å². The molecule has 0 spiro atoms. The fourth-order valence-electron chi connectivity index (χ4n) is 2.51. The van der Waals surface area contributed by atoms with E-state index < -0.39 is 5.91 Å². The van der Waals surface area contributed by atoms with Crippen LogP contribution in [0, 0.1) is 0 Å². The second-order valence-corrected chi connectivity index (χ2v) is 6.75. The van der Waals surface area contributed by atoms with Gasteiger partial charge in [-0.05, 0) is 24.3 Å². The maximum atomic E-state index is 12.7. The van der Waals surface area contributed by atoms with Crippen LogP contribution in [-0.4, -0.2) is 35.9 Å². The third-order valence-corrected chi connectivity index (χ3v) is 4.49. The van der Waals surface area contributed by atoms with Crippen LogP contribution in [0.5, 0.6) is 0 Å². The van der Waals surface area contributed by atoms with E-state index in [2.05, 4.69) is 15.6 Å². The molecule has 3 aromatic rings. The van der Waals surface area contributed by atoms with E-state index in [1.54, 1.807) is 56.7 Å². The number of carbonyl (C=O) groups is 2. The first kappa shape index (κ1) is 18.9. The van der Waals surface area contributed by atoms with Gasteiger partial charge in [0.1, 0.15) is 0 Å². The first-order chi connectivity index (χ1) is 12.9. The summed E-state index contributed by atoms with van der Waals surface area (Å²) in [6.45, 7) is 0. The lowest BCUT2D eigenvalue weighted by molar-refractivity contribution is 0.102. The summed E-state index contributed by atoms with van der Waals surface area (Å²) in [5, 5.41) is 6.80. The van der Waals surface area contributed by atoms with Crippen molar-refractivity contribution in [2.75, 3.05) is 24.7 Å². The summed E-state index contributed by atoms with van der Waals surface area (Å²) in [6.07, 6.45) is 1.56. The number of carbonyl (C=O) groups excluding carboxylic acids is 2.